The summed E-state index contributed by atoms with van der Waals surface area (Å²) in [5.41, 5.74) is 0.819. The lowest BCUT2D eigenvalue weighted by molar-refractivity contribution is 0.185. The molecule has 4 nitrogen and oxygen atoms in total. The molecule has 0 heterocycles. The van der Waals surface area contributed by atoms with Crippen molar-refractivity contribution in [1.29, 1.82) is 0 Å². The third kappa shape index (κ3) is 3.71. The first-order chi connectivity index (χ1) is 9.70. The predicted octanol–water partition coefficient (Wildman–Crippen LogP) is 3.39. The molecule has 0 aromatic heterocycles. The van der Waals surface area contributed by atoms with Crippen molar-refractivity contribution in [3.05, 3.63) is 42.5 Å². The van der Waals surface area contributed by atoms with Gasteiger partial charge in [0.15, 0.2) is 0 Å². The summed E-state index contributed by atoms with van der Waals surface area (Å²) in [7, 11) is 1.66. The van der Waals surface area contributed by atoms with E-state index in [1.165, 1.54) is 0 Å². The molecule has 20 heavy (non-hydrogen) atoms. The summed E-state index contributed by atoms with van der Waals surface area (Å²) >= 11 is 0. The SMILES string of the molecule is COCCC(C)NC(=O)Nc1cccc2ccccc12. The Bertz CT molecular complexity index is 578. The third-order valence-electron chi connectivity index (χ3n) is 3.17. The third-order valence-corrected chi connectivity index (χ3v) is 3.17. The molecule has 0 radical (unpaired) electrons. The van der Waals surface area contributed by atoms with Crippen LogP contribution in [0, 0.1) is 0 Å². The minimum absolute atomic E-state index is 0.0740. The Morgan fingerprint density at radius 2 is 1.95 bits per heavy atom. The van der Waals surface area contributed by atoms with Gasteiger partial charge in [0.1, 0.15) is 0 Å². The lowest BCUT2D eigenvalue weighted by Crippen LogP contribution is -2.36. The number of nitrogens with one attached hydrogen (secondary N) is 2. The molecule has 0 aliphatic rings. The Kier molecular flexibility index (Phi) is 4.96. The van der Waals surface area contributed by atoms with Crippen LogP contribution in [0.25, 0.3) is 10.8 Å². The van der Waals surface area contributed by atoms with Crippen molar-refractivity contribution in [2.75, 3.05) is 19.0 Å². The van der Waals surface area contributed by atoms with Gasteiger partial charge in [-0.15, -0.1) is 0 Å². The van der Waals surface area contributed by atoms with Crippen LogP contribution >= 0.6 is 0 Å². The quantitative estimate of drug-likeness (QED) is 0.876. The molecule has 0 aliphatic heterocycles. The molecule has 2 amide bonds. The standard InChI is InChI=1S/C16H20N2O2/c1-12(10-11-20-2)17-16(19)18-15-9-5-7-13-6-3-4-8-14(13)15/h3-9,12H,10-11H2,1-2H3,(H2,17,18,19). The van der Waals surface area contributed by atoms with Crippen molar-refractivity contribution in [1.82, 2.24) is 5.32 Å². The van der Waals surface area contributed by atoms with Gasteiger partial charge < -0.3 is 15.4 Å². The van der Waals surface area contributed by atoms with Crippen LogP contribution in [0.1, 0.15) is 13.3 Å². The molecule has 4 heteroatoms. The van der Waals surface area contributed by atoms with E-state index in [9.17, 15) is 4.79 Å². The van der Waals surface area contributed by atoms with Gasteiger partial charge in [0.2, 0.25) is 0 Å². The highest BCUT2D eigenvalue weighted by Gasteiger charge is 2.08. The van der Waals surface area contributed by atoms with Gasteiger partial charge in [0.05, 0.1) is 5.69 Å². The van der Waals surface area contributed by atoms with E-state index in [4.69, 9.17) is 4.74 Å². The molecular formula is C16H20N2O2. The zero-order valence-corrected chi connectivity index (χ0v) is 11.8. The molecule has 0 bridgehead atoms. The lowest BCUT2D eigenvalue weighted by atomic mass is 10.1. The van der Waals surface area contributed by atoms with Crippen LogP contribution in [0.5, 0.6) is 0 Å². The van der Waals surface area contributed by atoms with Crippen molar-refractivity contribution < 1.29 is 9.53 Å². The van der Waals surface area contributed by atoms with E-state index in [0.717, 1.165) is 22.9 Å². The van der Waals surface area contributed by atoms with Crippen LogP contribution in [-0.4, -0.2) is 25.8 Å². The number of amides is 2. The molecule has 2 aromatic carbocycles. The summed E-state index contributed by atoms with van der Waals surface area (Å²) in [6.45, 7) is 2.59. The molecule has 0 fully saturated rings. The number of urea groups is 1. The van der Waals surface area contributed by atoms with E-state index in [0.29, 0.717) is 6.61 Å². The van der Waals surface area contributed by atoms with Gasteiger partial charge in [-0.2, -0.15) is 0 Å². The zero-order chi connectivity index (χ0) is 14.4. The molecular weight excluding hydrogens is 252 g/mol. The summed E-state index contributed by atoms with van der Waals surface area (Å²) in [6.07, 6.45) is 0.791. The van der Waals surface area contributed by atoms with Crippen LogP contribution in [0.3, 0.4) is 0 Å². The lowest BCUT2D eigenvalue weighted by Gasteiger charge is -2.15. The number of benzene rings is 2. The fourth-order valence-corrected chi connectivity index (χ4v) is 2.08. The summed E-state index contributed by atoms with van der Waals surface area (Å²) in [6, 6.07) is 13.7. The van der Waals surface area contributed by atoms with Gasteiger partial charge in [-0.3, -0.25) is 0 Å². The molecule has 2 rings (SSSR count). The number of ether oxygens (including phenoxy) is 1. The van der Waals surface area contributed by atoms with Crippen molar-refractivity contribution in [3.63, 3.8) is 0 Å². The topological polar surface area (TPSA) is 50.4 Å². The van der Waals surface area contributed by atoms with Gasteiger partial charge in [0, 0.05) is 25.1 Å². The number of rotatable bonds is 5. The number of hydrogen-bond acceptors (Lipinski definition) is 2. The zero-order valence-electron chi connectivity index (χ0n) is 11.8. The molecule has 106 valence electrons. The maximum atomic E-state index is 12.0. The van der Waals surface area contributed by atoms with E-state index in [-0.39, 0.29) is 12.1 Å². The Hall–Kier alpha value is -2.07. The molecule has 2 aromatic rings. The summed E-state index contributed by atoms with van der Waals surface area (Å²) < 4.78 is 5.00. The van der Waals surface area contributed by atoms with E-state index in [1.807, 2.05) is 49.4 Å². The van der Waals surface area contributed by atoms with Crippen molar-refractivity contribution in [2.45, 2.75) is 19.4 Å². The number of methoxy groups -OCH3 is 1. The first-order valence-electron chi connectivity index (χ1n) is 6.75. The average Bonchev–Trinajstić information content (AvgIpc) is 2.45. The molecule has 0 aliphatic carbocycles. The highest BCUT2D eigenvalue weighted by Crippen LogP contribution is 2.22. The molecule has 1 unspecified atom stereocenters. The van der Waals surface area contributed by atoms with Crippen LogP contribution in [0.4, 0.5) is 10.5 Å². The monoisotopic (exact) mass is 272 g/mol. The van der Waals surface area contributed by atoms with Crippen LogP contribution in [-0.2, 0) is 4.74 Å². The van der Waals surface area contributed by atoms with E-state index < -0.39 is 0 Å². The van der Waals surface area contributed by atoms with Crippen molar-refractivity contribution in [2.24, 2.45) is 0 Å². The van der Waals surface area contributed by atoms with Gasteiger partial charge in [-0.25, -0.2) is 4.79 Å². The normalized spacial score (nSPS) is 12.1. The Balaban J connectivity index is 2.03. The Morgan fingerprint density at radius 3 is 2.75 bits per heavy atom. The number of carbonyl (C=O) groups excluding carboxylic acids is 1. The maximum Gasteiger partial charge on any atom is 0.319 e. The van der Waals surface area contributed by atoms with Gasteiger partial charge in [0.25, 0.3) is 0 Å². The number of fused-ring (bicyclic) bond motifs is 1. The average molecular weight is 272 g/mol. The second-order valence-corrected chi connectivity index (χ2v) is 4.81. The second kappa shape index (κ2) is 6.91. The first kappa shape index (κ1) is 14.3. The van der Waals surface area contributed by atoms with Crippen LogP contribution in [0.15, 0.2) is 42.5 Å². The minimum Gasteiger partial charge on any atom is -0.385 e. The van der Waals surface area contributed by atoms with Gasteiger partial charge in [-0.1, -0.05) is 36.4 Å². The molecule has 0 saturated heterocycles. The molecule has 0 spiro atoms. The maximum absolute atomic E-state index is 12.0. The number of anilines is 1. The highest BCUT2D eigenvalue weighted by atomic mass is 16.5. The summed E-state index contributed by atoms with van der Waals surface area (Å²) in [5.74, 6) is 0. The summed E-state index contributed by atoms with van der Waals surface area (Å²) in [5, 5.41) is 7.94. The fraction of sp³-hybridized carbons (Fsp3) is 0.312. The Morgan fingerprint density at radius 1 is 1.20 bits per heavy atom. The minimum atomic E-state index is -0.190. The molecule has 2 N–H and O–H groups in total. The van der Waals surface area contributed by atoms with Crippen LogP contribution in [0.2, 0.25) is 0 Å². The van der Waals surface area contributed by atoms with E-state index in [2.05, 4.69) is 10.6 Å². The first-order valence-corrected chi connectivity index (χ1v) is 6.75. The molecule has 1 atom stereocenters. The smallest absolute Gasteiger partial charge is 0.319 e. The number of hydrogen-bond donors (Lipinski definition) is 2. The number of carbonyl (C=O) groups is 1. The largest absolute Gasteiger partial charge is 0.385 e. The predicted molar refractivity (Wildman–Crippen MR) is 82.1 cm³/mol. The van der Waals surface area contributed by atoms with Crippen molar-refractivity contribution >= 4 is 22.5 Å². The van der Waals surface area contributed by atoms with E-state index in [1.54, 1.807) is 7.11 Å². The second-order valence-electron chi connectivity index (χ2n) is 4.81. The van der Waals surface area contributed by atoms with Crippen LogP contribution < -0.4 is 10.6 Å². The summed E-state index contributed by atoms with van der Waals surface area (Å²) in [4.78, 5) is 12.0. The highest BCUT2D eigenvalue weighted by molar-refractivity contribution is 6.01. The van der Waals surface area contributed by atoms with Crippen molar-refractivity contribution in [3.8, 4) is 0 Å². The Labute approximate surface area is 119 Å². The van der Waals surface area contributed by atoms with Gasteiger partial charge in [-0.05, 0) is 24.8 Å². The fourth-order valence-electron chi connectivity index (χ4n) is 2.08. The van der Waals surface area contributed by atoms with E-state index >= 15 is 0 Å². The van der Waals surface area contributed by atoms with Gasteiger partial charge >= 0.3 is 6.03 Å². The molecule has 0 saturated carbocycles.